The molecule has 31 heavy (non-hydrogen) atoms. The Morgan fingerprint density at radius 2 is 2.10 bits per heavy atom. The van der Waals surface area contributed by atoms with E-state index in [1.807, 2.05) is 42.7 Å². The second-order valence-electron chi connectivity index (χ2n) is 9.07. The van der Waals surface area contributed by atoms with Crippen LogP contribution in [-0.4, -0.2) is 59.4 Å². The van der Waals surface area contributed by atoms with Crippen LogP contribution in [0.15, 0.2) is 23.0 Å². The quantitative estimate of drug-likeness (QED) is 0.691. The Kier molecular flexibility index (Phi) is 6.94. The fourth-order valence-electron chi connectivity index (χ4n) is 5.72. The first-order valence-electron chi connectivity index (χ1n) is 11.7. The number of amides is 1. The summed E-state index contributed by atoms with van der Waals surface area (Å²) in [5, 5.41) is 13.4. The second-order valence-corrected chi connectivity index (χ2v) is 9.07. The summed E-state index contributed by atoms with van der Waals surface area (Å²) in [5.74, 6) is 0.320. The van der Waals surface area contributed by atoms with Gasteiger partial charge in [0.15, 0.2) is 0 Å². The fourth-order valence-corrected chi connectivity index (χ4v) is 5.72. The van der Waals surface area contributed by atoms with Crippen LogP contribution in [0.1, 0.15) is 50.4 Å². The van der Waals surface area contributed by atoms with Crippen LogP contribution in [0.5, 0.6) is 0 Å². The number of nitrogens with zero attached hydrogens (tertiary/aromatic N) is 2. The molecule has 1 amide bonds. The highest BCUT2D eigenvalue weighted by molar-refractivity contribution is 5.82. The van der Waals surface area contributed by atoms with Crippen molar-refractivity contribution in [3.63, 3.8) is 0 Å². The molecule has 4 rings (SSSR count). The Morgan fingerprint density at radius 3 is 2.77 bits per heavy atom. The van der Waals surface area contributed by atoms with Crippen molar-refractivity contribution < 1.29 is 14.6 Å². The third kappa shape index (κ3) is 4.11. The van der Waals surface area contributed by atoms with Crippen LogP contribution in [0.25, 0.3) is 6.08 Å². The molecule has 4 atom stereocenters. The first-order valence-corrected chi connectivity index (χ1v) is 11.7. The van der Waals surface area contributed by atoms with Gasteiger partial charge in [-0.05, 0) is 44.2 Å². The average Bonchev–Trinajstić information content (AvgIpc) is 3.30. The van der Waals surface area contributed by atoms with E-state index in [0.29, 0.717) is 24.6 Å². The number of aliphatic hydroxyl groups is 1. The Hall–Kier alpha value is -1.96. The van der Waals surface area contributed by atoms with Crippen molar-refractivity contribution in [3.05, 3.63) is 39.8 Å². The maximum atomic E-state index is 13.2. The number of ether oxygens (including phenoxy) is 1. The smallest absolute Gasteiger partial charge is 0.258 e. The fraction of sp³-hybridized carbons (Fsp3) is 0.667. The van der Waals surface area contributed by atoms with E-state index in [9.17, 15) is 14.7 Å². The lowest BCUT2D eigenvalue weighted by Gasteiger charge is -2.35. The number of likely N-dealkylation sites (tertiary alicyclic amines) is 1. The molecule has 0 saturated carbocycles. The molecule has 0 aromatic carbocycles. The largest absolute Gasteiger partial charge is 0.396 e. The lowest BCUT2D eigenvalue weighted by molar-refractivity contribution is -0.128. The number of carbonyl (C=O) groups is 1. The Morgan fingerprint density at radius 1 is 1.32 bits per heavy atom. The molecule has 1 aromatic rings. The first kappa shape index (κ1) is 22.2. The second kappa shape index (κ2) is 9.67. The molecule has 2 saturated heterocycles. The van der Waals surface area contributed by atoms with Crippen molar-refractivity contribution in [1.82, 2.24) is 14.8 Å². The molecule has 0 spiro atoms. The Bertz CT molecular complexity index is 874. The molecular formula is C24H35N3O4. The van der Waals surface area contributed by atoms with E-state index in [-0.39, 0.29) is 42.0 Å². The molecule has 7 nitrogen and oxygen atoms in total. The molecule has 0 unspecified atom stereocenters. The van der Waals surface area contributed by atoms with E-state index >= 15 is 0 Å². The molecule has 0 bridgehead atoms. The first-order chi connectivity index (χ1) is 15.1. The van der Waals surface area contributed by atoms with E-state index < -0.39 is 0 Å². The molecular weight excluding hydrogens is 394 g/mol. The van der Waals surface area contributed by atoms with Gasteiger partial charge < -0.3 is 19.7 Å². The molecule has 1 aromatic heterocycles. The van der Waals surface area contributed by atoms with E-state index in [4.69, 9.17) is 4.74 Å². The van der Waals surface area contributed by atoms with E-state index in [1.165, 1.54) is 0 Å². The number of aromatic nitrogens is 1. The van der Waals surface area contributed by atoms with Crippen LogP contribution in [0.3, 0.4) is 0 Å². The molecule has 7 heteroatoms. The third-order valence-corrected chi connectivity index (χ3v) is 7.19. The predicted octanol–water partition coefficient (Wildman–Crippen LogP) is 1.80. The molecule has 2 fully saturated rings. The zero-order chi connectivity index (χ0) is 22.0. The molecule has 2 N–H and O–H groups in total. The van der Waals surface area contributed by atoms with Gasteiger partial charge in [-0.3, -0.25) is 14.5 Å². The summed E-state index contributed by atoms with van der Waals surface area (Å²) in [5.41, 5.74) is 1.67. The van der Waals surface area contributed by atoms with E-state index in [2.05, 4.69) is 10.2 Å². The predicted molar refractivity (Wildman–Crippen MR) is 120 cm³/mol. The Balaban J connectivity index is 1.71. The lowest BCUT2D eigenvalue weighted by atomic mass is 9.88. The number of carbonyl (C=O) groups excluding carboxylic acids is 1. The standard InChI is InChI=1S/C24H35N3O4/c1-3-5-17-6-7-20-21-18(14-26(20)24(17)30)19(15-28)22(23(29)25-10-4-2)27(21)13-16-8-11-31-12-9-16/h3,5-7,16,18-19,21-22,28H,4,8-15H2,1-2H3,(H,25,29)/b5-3-/t18-,19-,21+,22-/m1/s1. The van der Waals surface area contributed by atoms with Crippen LogP contribution >= 0.6 is 0 Å². The van der Waals surface area contributed by atoms with Crippen LogP contribution in [0.4, 0.5) is 0 Å². The summed E-state index contributed by atoms with van der Waals surface area (Å²) in [7, 11) is 0. The van der Waals surface area contributed by atoms with Crippen molar-refractivity contribution in [2.75, 3.05) is 32.9 Å². The van der Waals surface area contributed by atoms with Gasteiger partial charge in [-0.15, -0.1) is 0 Å². The minimum atomic E-state index is -0.367. The highest BCUT2D eigenvalue weighted by atomic mass is 16.5. The number of fused-ring (bicyclic) bond motifs is 3. The van der Waals surface area contributed by atoms with E-state index in [0.717, 1.165) is 44.7 Å². The van der Waals surface area contributed by atoms with Crippen LogP contribution in [0, 0.1) is 17.8 Å². The summed E-state index contributed by atoms with van der Waals surface area (Å²) in [6.45, 7) is 7.38. The van der Waals surface area contributed by atoms with Gasteiger partial charge in [0, 0.05) is 62.5 Å². The summed E-state index contributed by atoms with van der Waals surface area (Å²) in [6.07, 6.45) is 6.55. The molecule has 0 aliphatic carbocycles. The van der Waals surface area contributed by atoms with E-state index in [1.54, 1.807) is 0 Å². The van der Waals surface area contributed by atoms with Crippen molar-refractivity contribution in [2.24, 2.45) is 17.8 Å². The maximum absolute atomic E-state index is 13.2. The highest BCUT2D eigenvalue weighted by Gasteiger charge is 2.55. The topological polar surface area (TPSA) is 83.8 Å². The maximum Gasteiger partial charge on any atom is 0.258 e. The van der Waals surface area contributed by atoms with Gasteiger partial charge >= 0.3 is 0 Å². The summed E-state index contributed by atoms with van der Waals surface area (Å²) >= 11 is 0. The van der Waals surface area contributed by atoms with Gasteiger partial charge in [0.2, 0.25) is 5.91 Å². The summed E-state index contributed by atoms with van der Waals surface area (Å²) in [6, 6.07) is 3.54. The van der Waals surface area contributed by atoms with Crippen molar-refractivity contribution >= 4 is 12.0 Å². The van der Waals surface area contributed by atoms with Crippen LogP contribution in [-0.2, 0) is 16.1 Å². The van der Waals surface area contributed by atoms with Crippen molar-refractivity contribution in [2.45, 2.75) is 51.7 Å². The van der Waals surface area contributed by atoms with Gasteiger partial charge in [-0.1, -0.05) is 19.1 Å². The van der Waals surface area contributed by atoms with Crippen LogP contribution in [0.2, 0.25) is 0 Å². The lowest BCUT2D eigenvalue weighted by Crippen LogP contribution is -2.50. The number of allylic oxidation sites excluding steroid dienone is 1. The molecule has 0 radical (unpaired) electrons. The summed E-state index contributed by atoms with van der Waals surface area (Å²) in [4.78, 5) is 28.6. The van der Waals surface area contributed by atoms with Gasteiger partial charge in [-0.2, -0.15) is 0 Å². The number of hydrogen-bond acceptors (Lipinski definition) is 5. The zero-order valence-electron chi connectivity index (χ0n) is 18.6. The third-order valence-electron chi connectivity index (χ3n) is 7.19. The number of aliphatic hydroxyl groups excluding tert-OH is 1. The molecule has 4 heterocycles. The summed E-state index contributed by atoms with van der Waals surface area (Å²) < 4.78 is 7.40. The number of rotatable bonds is 7. The van der Waals surface area contributed by atoms with Gasteiger partial charge in [0.25, 0.3) is 5.56 Å². The van der Waals surface area contributed by atoms with Gasteiger partial charge in [-0.25, -0.2) is 0 Å². The minimum absolute atomic E-state index is 0.00166. The molecule has 3 aliphatic heterocycles. The van der Waals surface area contributed by atoms with Crippen molar-refractivity contribution in [3.8, 4) is 0 Å². The van der Waals surface area contributed by atoms with Crippen molar-refractivity contribution in [1.29, 1.82) is 0 Å². The Labute approximate surface area is 184 Å². The number of pyridine rings is 1. The minimum Gasteiger partial charge on any atom is -0.396 e. The highest BCUT2D eigenvalue weighted by Crippen LogP contribution is 2.49. The molecule has 170 valence electrons. The normalized spacial score (nSPS) is 28.7. The van der Waals surface area contributed by atoms with Gasteiger partial charge in [0.1, 0.15) is 0 Å². The number of hydrogen-bond donors (Lipinski definition) is 2. The average molecular weight is 430 g/mol. The zero-order valence-corrected chi connectivity index (χ0v) is 18.6. The van der Waals surface area contributed by atoms with Gasteiger partial charge in [0.05, 0.1) is 12.1 Å². The SMILES string of the molecule is C/C=C\c1ccc2n(c1=O)C[C@@H]1[C@@H](CO)[C@H](C(=O)NCCC)N(CC3CCOCC3)[C@H]21. The number of nitrogens with one attached hydrogen (secondary N) is 1. The van der Waals surface area contributed by atoms with Crippen LogP contribution < -0.4 is 10.9 Å². The molecule has 3 aliphatic rings. The monoisotopic (exact) mass is 429 g/mol.